The van der Waals surface area contributed by atoms with Gasteiger partial charge in [-0.3, -0.25) is 4.57 Å². The van der Waals surface area contributed by atoms with E-state index in [1.807, 2.05) is 0 Å². The van der Waals surface area contributed by atoms with Crippen molar-refractivity contribution in [3.63, 3.8) is 0 Å². The summed E-state index contributed by atoms with van der Waals surface area (Å²) in [6.45, 7) is 0. The molecule has 0 saturated carbocycles. The van der Waals surface area contributed by atoms with Crippen LogP contribution in [0.1, 0.15) is 56.9 Å². The van der Waals surface area contributed by atoms with Crippen molar-refractivity contribution >= 4 is 7.60 Å². The Kier molecular flexibility index (Phi) is 8.84. The first-order valence-electron chi connectivity index (χ1n) is 7.66. The third-order valence-corrected chi connectivity index (χ3v) is 4.41. The average molecular weight is 298 g/mol. The molecule has 0 heterocycles. The third-order valence-electron chi connectivity index (χ3n) is 3.51. The Morgan fingerprint density at radius 3 is 1.80 bits per heavy atom. The van der Waals surface area contributed by atoms with Crippen molar-refractivity contribution in [3.05, 3.63) is 35.9 Å². The molecule has 1 aromatic rings. The minimum atomic E-state index is -3.77. The van der Waals surface area contributed by atoms with E-state index in [0.717, 1.165) is 12.8 Å². The lowest BCUT2D eigenvalue weighted by Crippen LogP contribution is -1.89. The fraction of sp³-hybridized carbons (Fsp3) is 0.625. The highest BCUT2D eigenvalue weighted by Gasteiger charge is 2.10. The van der Waals surface area contributed by atoms with Gasteiger partial charge in [-0.25, -0.2) is 0 Å². The minimum Gasteiger partial charge on any atom is -0.324 e. The highest BCUT2D eigenvalue weighted by Crippen LogP contribution is 2.35. The summed E-state index contributed by atoms with van der Waals surface area (Å²) in [7, 11) is -3.77. The van der Waals surface area contributed by atoms with Gasteiger partial charge < -0.3 is 9.79 Å². The lowest BCUT2D eigenvalue weighted by atomic mass is 10.0. The molecule has 0 amide bonds. The van der Waals surface area contributed by atoms with Crippen LogP contribution in [0.5, 0.6) is 0 Å². The standard InChI is InChI=1S/C16H27O3P/c17-20(18,19)15-11-6-4-2-1-3-5-8-12-16-13-9-7-10-14-16/h7,9-10,13-14H,1-6,8,11-12,15H2,(H2,17,18,19). The van der Waals surface area contributed by atoms with Gasteiger partial charge in [0.2, 0.25) is 0 Å². The molecule has 0 bridgehead atoms. The lowest BCUT2D eigenvalue weighted by molar-refractivity contribution is 0.370. The molecule has 0 aliphatic rings. The predicted molar refractivity (Wildman–Crippen MR) is 84.0 cm³/mol. The molecular weight excluding hydrogens is 271 g/mol. The van der Waals surface area contributed by atoms with Gasteiger partial charge in [0.25, 0.3) is 0 Å². The molecule has 1 aromatic carbocycles. The zero-order valence-corrected chi connectivity index (χ0v) is 13.1. The van der Waals surface area contributed by atoms with Crippen LogP contribution in [0.15, 0.2) is 30.3 Å². The fourth-order valence-corrected chi connectivity index (χ4v) is 2.99. The number of hydrogen-bond donors (Lipinski definition) is 2. The van der Waals surface area contributed by atoms with Crippen LogP contribution in [0.2, 0.25) is 0 Å². The van der Waals surface area contributed by atoms with Crippen molar-refractivity contribution in [2.75, 3.05) is 6.16 Å². The smallest absolute Gasteiger partial charge is 0.324 e. The van der Waals surface area contributed by atoms with Gasteiger partial charge in [0.15, 0.2) is 0 Å². The second kappa shape index (κ2) is 10.1. The molecule has 114 valence electrons. The van der Waals surface area contributed by atoms with Gasteiger partial charge in [-0.2, -0.15) is 0 Å². The summed E-state index contributed by atoms with van der Waals surface area (Å²) < 4.78 is 10.6. The van der Waals surface area contributed by atoms with E-state index in [1.54, 1.807) is 0 Å². The van der Waals surface area contributed by atoms with Gasteiger partial charge in [0.05, 0.1) is 0 Å². The maximum absolute atomic E-state index is 10.6. The predicted octanol–water partition coefficient (Wildman–Crippen LogP) is 4.53. The summed E-state index contributed by atoms with van der Waals surface area (Å²) in [5, 5.41) is 0. The Bertz CT molecular complexity index is 386. The number of aryl methyl sites for hydroxylation is 1. The molecular formula is C16H27O3P. The Labute approximate surface area is 122 Å². The highest BCUT2D eigenvalue weighted by molar-refractivity contribution is 7.51. The molecule has 1 rings (SSSR count). The topological polar surface area (TPSA) is 57.5 Å². The van der Waals surface area contributed by atoms with Crippen molar-refractivity contribution in [2.24, 2.45) is 0 Å². The molecule has 0 aromatic heterocycles. The Morgan fingerprint density at radius 1 is 0.750 bits per heavy atom. The van der Waals surface area contributed by atoms with E-state index in [0.29, 0.717) is 6.42 Å². The van der Waals surface area contributed by atoms with Crippen LogP contribution in [0, 0.1) is 0 Å². The summed E-state index contributed by atoms with van der Waals surface area (Å²) in [6, 6.07) is 10.6. The van der Waals surface area contributed by atoms with Crippen LogP contribution in [0.25, 0.3) is 0 Å². The average Bonchev–Trinajstić information content (AvgIpc) is 2.41. The van der Waals surface area contributed by atoms with E-state index in [2.05, 4.69) is 30.3 Å². The maximum Gasteiger partial charge on any atom is 0.325 e. The van der Waals surface area contributed by atoms with Gasteiger partial charge in [-0.05, 0) is 24.8 Å². The summed E-state index contributed by atoms with van der Waals surface area (Å²) in [5.41, 5.74) is 1.42. The lowest BCUT2D eigenvalue weighted by Gasteiger charge is -2.04. The van der Waals surface area contributed by atoms with Crippen LogP contribution < -0.4 is 0 Å². The van der Waals surface area contributed by atoms with Crippen LogP contribution in [0.4, 0.5) is 0 Å². The van der Waals surface area contributed by atoms with E-state index in [-0.39, 0.29) is 6.16 Å². The van der Waals surface area contributed by atoms with Gasteiger partial charge in [-0.15, -0.1) is 0 Å². The highest BCUT2D eigenvalue weighted by atomic mass is 31.2. The Morgan fingerprint density at radius 2 is 1.25 bits per heavy atom. The van der Waals surface area contributed by atoms with Crippen molar-refractivity contribution < 1.29 is 14.4 Å². The molecule has 3 nitrogen and oxygen atoms in total. The largest absolute Gasteiger partial charge is 0.325 e. The number of benzene rings is 1. The maximum atomic E-state index is 10.6. The van der Waals surface area contributed by atoms with Crippen molar-refractivity contribution in [1.82, 2.24) is 0 Å². The first-order valence-corrected chi connectivity index (χ1v) is 9.46. The van der Waals surface area contributed by atoms with Gasteiger partial charge in [0.1, 0.15) is 0 Å². The Hall–Kier alpha value is -0.630. The van der Waals surface area contributed by atoms with Crippen LogP contribution in [-0.4, -0.2) is 15.9 Å². The summed E-state index contributed by atoms with van der Waals surface area (Å²) in [4.78, 5) is 17.4. The summed E-state index contributed by atoms with van der Waals surface area (Å²) >= 11 is 0. The SMILES string of the molecule is O=P(O)(O)CCCCCCCCCCc1ccccc1. The molecule has 0 radical (unpaired) electrons. The van der Waals surface area contributed by atoms with E-state index in [1.165, 1.54) is 44.1 Å². The molecule has 0 atom stereocenters. The zero-order valence-electron chi connectivity index (χ0n) is 12.2. The zero-order chi connectivity index (χ0) is 14.7. The molecule has 0 aliphatic heterocycles. The second-order valence-corrected chi connectivity index (χ2v) is 7.23. The van der Waals surface area contributed by atoms with Crippen LogP contribution in [0.3, 0.4) is 0 Å². The Balaban J connectivity index is 1.85. The molecule has 2 N–H and O–H groups in total. The number of hydrogen-bond acceptors (Lipinski definition) is 1. The normalized spacial score (nSPS) is 11.7. The molecule has 4 heteroatoms. The summed E-state index contributed by atoms with van der Waals surface area (Å²) in [5.74, 6) is 0. The molecule has 20 heavy (non-hydrogen) atoms. The van der Waals surface area contributed by atoms with Crippen LogP contribution in [-0.2, 0) is 11.0 Å². The first kappa shape index (κ1) is 17.4. The van der Waals surface area contributed by atoms with Gasteiger partial charge >= 0.3 is 7.60 Å². The van der Waals surface area contributed by atoms with Crippen molar-refractivity contribution in [2.45, 2.75) is 57.8 Å². The van der Waals surface area contributed by atoms with E-state index >= 15 is 0 Å². The van der Waals surface area contributed by atoms with Gasteiger partial charge in [0, 0.05) is 6.16 Å². The fourth-order valence-electron chi connectivity index (χ4n) is 2.35. The van der Waals surface area contributed by atoms with Crippen molar-refractivity contribution in [3.8, 4) is 0 Å². The molecule has 0 spiro atoms. The van der Waals surface area contributed by atoms with Crippen molar-refractivity contribution in [1.29, 1.82) is 0 Å². The molecule has 0 saturated heterocycles. The molecule has 0 unspecified atom stereocenters. The quantitative estimate of drug-likeness (QED) is 0.466. The molecule has 0 aliphatic carbocycles. The second-order valence-electron chi connectivity index (χ2n) is 5.45. The van der Waals surface area contributed by atoms with Crippen LogP contribution >= 0.6 is 7.60 Å². The minimum absolute atomic E-state index is 0.0457. The monoisotopic (exact) mass is 298 g/mol. The van der Waals surface area contributed by atoms with E-state index in [9.17, 15) is 4.57 Å². The van der Waals surface area contributed by atoms with E-state index in [4.69, 9.17) is 9.79 Å². The molecule has 0 fully saturated rings. The third kappa shape index (κ3) is 10.2. The first-order chi connectivity index (χ1) is 9.58. The number of unbranched alkanes of at least 4 members (excludes halogenated alkanes) is 7. The summed E-state index contributed by atoms with van der Waals surface area (Å²) in [6.07, 6.45) is 10.1. The number of rotatable bonds is 11. The van der Waals surface area contributed by atoms with Gasteiger partial charge in [-0.1, -0.05) is 68.9 Å². The van der Waals surface area contributed by atoms with E-state index < -0.39 is 7.60 Å².